The van der Waals surface area contributed by atoms with Crippen LogP contribution in [0.4, 0.5) is 4.39 Å². The Hall–Kier alpha value is -1.59. The zero-order chi connectivity index (χ0) is 18.6. The van der Waals surface area contributed by atoms with Crippen LogP contribution in [0.25, 0.3) is 0 Å². The van der Waals surface area contributed by atoms with E-state index in [0.29, 0.717) is 5.56 Å². The van der Waals surface area contributed by atoms with Crippen LogP contribution in [-0.4, -0.2) is 58.8 Å². The maximum atomic E-state index is 13.1. The van der Waals surface area contributed by atoms with Crippen LogP contribution in [0.15, 0.2) is 24.3 Å². The van der Waals surface area contributed by atoms with E-state index in [4.69, 9.17) is 9.47 Å². The predicted molar refractivity (Wildman–Crippen MR) is 88.2 cm³/mol. The van der Waals surface area contributed by atoms with E-state index in [1.807, 2.05) is 0 Å². The van der Waals surface area contributed by atoms with Gasteiger partial charge in [0.2, 0.25) is 5.91 Å². The quantitative estimate of drug-likeness (QED) is 0.690. The van der Waals surface area contributed by atoms with Crippen LogP contribution >= 0.6 is 0 Å². The summed E-state index contributed by atoms with van der Waals surface area (Å²) < 4.78 is 51.2. The van der Waals surface area contributed by atoms with Crippen LogP contribution in [0.1, 0.15) is 18.0 Å². The highest BCUT2D eigenvalue weighted by molar-refractivity contribution is 7.87. The molecule has 0 saturated carbocycles. The molecule has 2 atom stereocenters. The molecular weight excluding hydrogens is 353 g/mol. The largest absolute Gasteiger partial charge is 0.354 e. The van der Waals surface area contributed by atoms with Gasteiger partial charge in [0, 0.05) is 27.3 Å². The zero-order valence-electron chi connectivity index (χ0n) is 14.2. The van der Waals surface area contributed by atoms with Gasteiger partial charge < -0.3 is 14.8 Å². The highest BCUT2D eigenvalue weighted by atomic mass is 32.2. The molecule has 1 aromatic rings. The summed E-state index contributed by atoms with van der Waals surface area (Å²) in [6.45, 7) is 0.0882. The monoisotopic (exact) mass is 375 g/mol. The van der Waals surface area contributed by atoms with E-state index in [1.165, 1.54) is 45.5 Å². The summed E-state index contributed by atoms with van der Waals surface area (Å²) in [7, 11) is 0.357. The van der Waals surface area contributed by atoms with E-state index < -0.39 is 40.3 Å². The Kier molecular flexibility index (Phi) is 6.47. The van der Waals surface area contributed by atoms with Gasteiger partial charge in [0.25, 0.3) is 10.2 Å². The number of nitrogens with zero attached hydrogens (tertiary/aromatic N) is 1. The average molecular weight is 375 g/mol. The maximum absolute atomic E-state index is 13.1. The highest BCUT2D eigenvalue weighted by Crippen LogP contribution is 2.27. The SMILES string of the molecule is COC(CNC(=O)C1CC(c2ccc(F)cc2)NS(=O)(=O)N1C)OC. The summed E-state index contributed by atoms with van der Waals surface area (Å²) in [6.07, 6.45) is -0.418. The molecule has 10 heteroatoms. The molecule has 1 fully saturated rings. The summed E-state index contributed by atoms with van der Waals surface area (Å²) in [5.41, 5.74) is 0.586. The number of methoxy groups -OCH3 is 2. The first kappa shape index (κ1) is 19.7. The molecule has 0 aromatic heterocycles. The van der Waals surface area contributed by atoms with Gasteiger partial charge in [0.1, 0.15) is 11.9 Å². The molecule has 0 bridgehead atoms. The van der Waals surface area contributed by atoms with Gasteiger partial charge in [-0.05, 0) is 24.1 Å². The molecule has 2 rings (SSSR count). The predicted octanol–water partition coefficient (Wildman–Crippen LogP) is 0.140. The van der Waals surface area contributed by atoms with Crippen molar-refractivity contribution in [3.63, 3.8) is 0 Å². The lowest BCUT2D eigenvalue weighted by molar-refractivity contribution is -0.131. The van der Waals surface area contributed by atoms with Crippen LogP contribution in [0, 0.1) is 5.82 Å². The average Bonchev–Trinajstić information content (AvgIpc) is 2.58. The Morgan fingerprint density at radius 1 is 1.36 bits per heavy atom. The van der Waals surface area contributed by atoms with Crippen molar-refractivity contribution >= 4 is 16.1 Å². The molecular formula is C15H22FN3O5S. The fraction of sp³-hybridized carbons (Fsp3) is 0.533. The van der Waals surface area contributed by atoms with Gasteiger partial charge in [-0.15, -0.1) is 0 Å². The molecule has 0 spiro atoms. The zero-order valence-corrected chi connectivity index (χ0v) is 15.0. The Morgan fingerprint density at radius 3 is 2.52 bits per heavy atom. The first-order chi connectivity index (χ1) is 11.8. The van der Waals surface area contributed by atoms with Crippen molar-refractivity contribution in [2.45, 2.75) is 24.8 Å². The van der Waals surface area contributed by atoms with Crippen LogP contribution in [0.2, 0.25) is 0 Å². The van der Waals surface area contributed by atoms with E-state index in [9.17, 15) is 17.6 Å². The second-order valence-corrected chi connectivity index (χ2v) is 7.40. The van der Waals surface area contributed by atoms with Gasteiger partial charge >= 0.3 is 0 Å². The standard InChI is InChI=1S/C15H22FN3O5S/c1-19-13(15(20)17-9-14(23-2)24-3)8-12(18-25(19,21)22)10-4-6-11(16)7-5-10/h4-7,12-14,18H,8-9H2,1-3H3,(H,17,20). The van der Waals surface area contributed by atoms with Crippen molar-refractivity contribution in [1.82, 2.24) is 14.3 Å². The summed E-state index contributed by atoms with van der Waals surface area (Å²) >= 11 is 0. The molecule has 140 valence electrons. The molecule has 8 nitrogen and oxygen atoms in total. The fourth-order valence-electron chi connectivity index (χ4n) is 2.59. The number of benzene rings is 1. The molecule has 1 heterocycles. The van der Waals surface area contributed by atoms with Crippen LogP contribution in [0.3, 0.4) is 0 Å². The molecule has 1 aliphatic rings. The number of likely N-dealkylation sites (N-methyl/N-ethyl adjacent to an activating group) is 1. The molecule has 1 amide bonds. The summed E-state index contributed by atoms with van der Waals surface area (Å²) in [6, 6.07) is 3.95. The van der Waals surface area contributed by atoms with Crippen molar-refractivity contribution in [3.05, 3.63) is 35.6 Å². The number of hydrogen-bond donors (Lipinski definition) is 2. The lowest BCUT2D eigenvalue weighted by Crippen LogP contribution is -2.57. The van der Waals surface area contributed by atoms with Crippen molar-refractivity contribution < 1.29 is 27.1 Å². The Bertz CT molecular complexity index is 694. The van der Waals surface area contributed by atoms with Gasteiger partial charge in [0.15, 0.2) is 6.29 Å². The topological polar surface area (TPSA) is 97.0 Å². The van der Waals surface area contributed by atoms with E-state index >= 15 is 0 Å². The summed E-state index contributed by atoms with van der Waals surface area (Å²) in [5.74, 6) is -0.877. The molecule has 1 aromatic carbocycles. The first-order valence-electron chi connectivity index (χ1n) is 7.62. The number of amides is 1. The number of halogens is 1. The second-order valence-electron chi connectivity index (χ2n) is 5.64. The Balaban J connectivity index is 2.15. The smallest absolute Gasteiger partial charge is 0.280 e. The van der Waals surface area contributed by atoms with Gasteiger partial charge in [-0.1, -0.05) is 12.1 Å². The molecule has 1 aliphatic heterocycles. The van der Waals surface area contributed by atoms with Crippen LogP contribution in [0.5, 0.6) is 0 Å². The van der Waals surface area contributed by atoms with E-state index in [-0.39, 0.29) is 13.0 Å². The van der Waals surface area contributed by atoms with Gasteiger partial charge in [0.05, 0.1) is 6.54 Å². The Labute approximate surface area is 146 Å². The van der Waals surface area contributed by atoms with Gasteiger partial charge in [-0.2, -0.15) is 17.4 Å². The summed E-state index contributed by atoms with van der Waals surface area (Å²) in [4.78, 5) is 12.4. The minimum absolute atomic E-state index is 0.0882. The molecule has 0 radical (unpaired) electrons. The lowest BCUT2D eigenvalue weighted by atomic mass is 9.99. The number of ether oxygens (including phenoxy) is 2. The first-order valence-corrected chi connectivity index (χ1v) is 9.06. The number of hydrogen-bond acceptors (Lipinski definition) is 5. The molecule has 2 N–H and O–H groups in total. The lowest BCUT2D eigenvalue weighted by Gasteiger charge is -2.36. The van der Waals surface area contributed by atoms with Crippen LogP contribution < -0.4 is 10.0 Å². The van der Waals surface area contributed by atoms with Crippen LogP contribution in [-0.2, 0) is 24.5 Å². The number of rotatable bonds is 6. The number of nitrogens with one attached hydrogen (secondary N) is 2. The van der Waals surface area contributed by atoms with Crippen molar-refractivity contribution in [3.8, 4) is 0 Å². The molecule has 25 heavy (non-hydrogen) atoms. The number of carbonyl (C=O) groups is 1. The van der Waals surface area contributed by atoms with Crippen molar-refractivity contribution in [1.29, 1.82) is 0 Å². The van der Waals surface area contributed by atoms with E-state index in [2.05, 4.69) is 10.0 Å². The minimum atomic E-state index is -3.85. The third-order valence-corrected chi connectivity index (χ3v) is 5.71. The normalized spacial score (nSPS) is 23.6. The number of carbonyl (C=O) groups excluding carboxylic acids is 1. The van der Waals surface area contributed by atoms with E-state index in [1.54, 1.807) is 0 Å². The fourth-order valence-corrected chi connectivity index (χ4v) is 3.86. The molecule has 2 unspecified atom stereocenters. The van der Waals surface area contributed by atoms with E-state index in [0.717, 1.165) is 4.31 Å². The molecule has 1 saturated heterocycles. The molecule has 0 aliphatic carbocycles. The van der Waals surface area contributed by atoms with Gasteiger partial charge in [-0.3, -0.25) is 4.79 Å². The third-order valence-electron chi connectivity index (χ3n) is 4.11. The van der Waals surface area contributed by atoms with Gasteiger partial charge in [-0.25, -0.2) is 4.39 Å². The minimum Gasteiger partial charge on any atom is -0.354 e. The highest BCUT2D eigenvalue weighted by Gasteiger charge is 2.40. The summed E-state index contributed by atoms with van der Waals surface area (Å²) in [5, 5.41) is 2.62. The van der Waals surface area contributed by atoms with Crippen molar-refractivity contribution in [2.24, 2.45) is 0 Å². The van der Waals surface area contributed by atoms with Crippen molar-refractivity contribution in [2.75, 3.05) is 27.8 Å². The second kappa shape index (κ2) is 8.19. The Morgan fingerprint density at radius 2 is 1.96 bits per heavy atom. The maximum Gasteiger partial charge on any atom is 0.280 e. The third kappa shape index (κ3) is 4.73.